The van der Waals surface area contributed by atoms with Crippen LogP contribution in [0.4, 0.5) is 0 Å². The number of esters is 1. The molecule has 1 unspecified atom stereocenters. The fourth-order valence-electron chi connectivity index (χ4n) is 4.20. The Hall–Kier alpha value is -1.93. The smallest absolute Gasteiger partial charge is 0.330 e. The number of hydrogen-bond donors (Lipinski definition) is 1. The van der Waals surface area contributed by atoms with Crippen LogP contribution in [0.1, 0.15) is 44.9 Å². The molecule has 2 bridgehead atoms. The number of ether oxygens (including phenoxy) is 3. The molecule has 1 saturated carbocycles. The van der Waals surface area contributed by atoms with Gasteiger partial charge in [-0.15, -0.1) is 0 Å². The van der Waals surface area contributed by atoms with Crippen molar-refractivity contribution in [3.8, 4) is 0 Å². The van der Waals surface area contributed by atoms with Crippen molar-refractivity contribution in [2.24, 2.45) is 0 Å². The first kappa shape index (κ1) is 15.6. The third-order valence-corrected chi connectivity index (χ3v) is 5.45. The topological polar surface area (TPSA) is 99.6 Å². The van der Waals surface area contributed by atoms with E-state index in [2.05, 4.69) is 4.98 Å². The first-order chi connectivity index (χ1) is 11.3. The maximum Gasteiger partial charge on any atom is 0.330 e. The first-order valence-electron chi connectivity index (χ1n) is 8.18. The number of nitrogens with one attached hydrogen (secondary N) is 1. The highest BCUT2D eigenvalue weighted by Crippen LogP contribution is 2.66. The highest BCUT2D eigenvalue weighted by molar-refractivity contribution is 5.66. The van der Waals surface area contributed by atoms with Gasteiger partial charge in [0.25, 0.3) is 5.56 Å². The average molecular weight is 336 g/mol. The molecule has 8 heteroatoms. The maximum absolute atomic E-state index is 12.2. The molecule has 3 fully saturated rings. The molecule has 1 aromatic heterocycles. The van der Waals surface area contributed by atoms with Gasteiger partial charge < -0.3 is 14.2 Å². The number of hydrogen-bond acceptors (Lipinski definition) is 6. The van der Waals surface area contributed by atoms with E-state index in [1.54, 1.807) is 6.92 Å². The molecule has 2 aliphatic heterocycles. The lowest BCUT2D eigenvalue weighted by atomic mass is 9.87. The minimum Gasteiger partial charge on any atom is -0.456 e. The van der Waals surface area contributed by atoms with Gasteiger partial charge in [-0.1, -0.05) is 6.92 Å². The van der Waals surface area contributed by atoms with Crippen molar-refractivity contribution in [1.29, 1.82) is 0 Å². The molecule has 3 heterocycles. The molecule has 1 spiro atoms. The third-order valence-electron chi connectivity index (χ3n) is 5.45. The van der Waals surface area contributed by atoms with Crippen molar-refractivity contribution < 1.29 is 19.0 Å². The number of rotatable bonds is 3. The molecular weight excluding hydrogens is 316 g/mol. The lowest BCUT2D eigenvalue weighted by Crippen LogP contribution is -2.50. The number of aromatic nitrogens is 2. The van der Waals surface area contributed by atoms with Gasteiger partial charge in [-0.3, -0.25) is 19.1 Å². The van der Waals surface area contributed by atoms with Gasteiger partial charge >= 0.3 is 11.7 Å². The van der Waals surface area contributed by atoms with Crippen LogP contribution < -0.4 is 11.2 Å². The van der Waals surface area contributed by atoms with Crippen molar-refractivity contribution in [2.45, 2.75) is 69.7 Å². The Morgan fingerprint density at radius 3 is 2.71 bits per heavy atom. The Morgan fingerprint density at radius 2 is 2.12 bits per heavy atom. The van der Waals surface area contributed by atoms with Crippen molar-refractivity contribution in [3.63, 3.8) is 0 Å². The van der Waals surface area contributed by atoms with Crippen molar-refractivity contribution in [3.05, 3.63) is 32.6 Å². The van der Waals surface area contributed by atoms with Crippen LogP contribution in [0.2, 0.25) is 0 Å². The number of fused-ring (bicyclic) bond motifs is 3. The minimum absolute atomic E-state index is 0.400. The quantitative estimate of drug-likeness (QED) is 0.802. The molecule has 1 N–H and O–H groups in total. The number of nitrogens with zero attached hydrogens (tertiary/aromatic N) is 1. The molecule has 24 heavy (non-hydrogen) atoms. The van der Waals surface area contributed by atoms with Crippen LogP contribution >= 0.6 is 0 Å². The predicted octanol–water partition coefficient (Wildman–Crippen LogP) is 0.386. The van der Waals surface area contributed by atoms with E-state index in [-0.39, 0.29) is 0 Å². The third kappa shape index (κ3) is 1.83. The number of aryl methyl sites for hydroxylation is 1. The van der Waals surface area contributed by atoms with Gasteiger partial charge in [0, 0.05) is 18.7 Å². The van der Waals surface area contributed by atoms with Crippen LogP contribution in [0, 0.1) is 6.92 Å². The lowest BCUT2D eigenvalue weighted by molar-refractivity contribution is -0.226. The summed E-state index contributed by atoms with van der Waals surface area (Å²) in [4.78, 5) is 37.7. The van der Waals surface area contributed by atoms with E-state index in [0.29, 0.717) is 12.0 Å². The van der Waals surface area contributed by atoms with Crippen molar-refractivity contribution in [2.75, 3.05) is 0 Å². The highest BCUT2D eigenvalue weighted by atomic mass is 16.7. The Kier molecular flexibility index (Phi) is 3.11. The summed E-state index contributed by atoms with van der Waals surface area (Å²) in [6.45, 7) is 4.93. The average Bonchev–Trinajstić information content (AvgIpc) is 3.17. The van der Waals surface area contributed by atoms with E-state index < -0.39 is 46.9 Å². The molecule has 4 rings (SSSR count). The van der Waals surface area contributed by atoms with Gasteiger partial charge in [0.05, 0.1) is 0 Å². The number of aromatic amines is 1. The predicted molar refractivity (Wildman–Crippen MR) is 81.6 cm³/mol. The van der Waals surface area contributed by atoms with Crippen LogP contribution in [0.15, 0.2) is 15.8 Å². The lowest BCUT2D eigenvalue weighted by Gasteiger charge is -2.37. The molecule has 4 atom stereocenters. The largest absolute Gasteiger partial charge is 0.456 e. The zero-order chi connectivity index (χ0) is 17.3. The van der Waals surface area contributed by atoms with Crippen LogP contribution in [0.3, 0.4) is 0 Å². The van der Waals surface area contributed by atoms with E-state index in [0.717, 1.165) is 12.8 Å². The van der Waals surface area contributed by atoms with Crippen LogP contribution in [-0.4, -0.2) is 38.9 Å². The van der Waals surface area contributed by atoms with E-state index in [4.69, 9.17) is 14.2 Å². The molecule has 2 saturated heterocycles. The molecular formula is C16H20N2O6. The monoisotopic (exact) mass is 336 g/mol. The Morgan fingerprint density at radius 1 is 1.42 bits per heavy atom. The second-order valence-electron chi connectivity index (χ2n) is 6.84. The summed E-state index contributed by atoms with van der Waals surface area (Å²) in [5, 5.41) is 0. The van der Waals surface area contributed by atoms with E-state index in [1.165, 1.54) is 17.7 Å². The molecule has 1 aliphatic carbocycles. The first-order valence-corrected chi connectivity index (χ1v) is 8.18. The summed E-state index contributed by atoms with van der Waals surface area (Å²) < 4.78 is 19.4. The number of carbonyl (C=O) groups is 1. The van der Waals surface area contributed by atoms with Gasteiger partial charge in [0.15, 0.2) is 12.3 Å². The summed E-state index contributed by atoms with van der Waals surface area (Å²) in [5.74, 6) is -0.404. The summed E-state index contributed by atoms with van der Waals surface area (Å²) in [7, 11) is 0. The zero-order valence-corrected chi connectivity index (χ0v) is 13.8. The van der Waals surface area contributed by atoms with E-state index in [9.17, 15) is 14.4 Å². The van der Waals surface area contributed by atoms with E-state index in [1.807, 2.05) is 6.92 Å². The van der Waals surface area contributed by atoms with Crippen LogP contribution in [-0.2, 0) is 19.0 Å². The van der Waals surface area contributed by atoms with E-state index >= 15 is 0 Å². The SMILES string of the molecule is CC[C@]12O[C@@H](n3cc(C)c(=O)[nH]c3=O)[C@@H](OC13CC3)C2OC(C)=O. The van der Waals surface area contributed by atoms with Crippen molar-refractivity contribution >= 4 is 5.97 Å². The summed E-state index contributed by atoms with van der Waals surface area (Å²) in [6, 6.07) is 0. The fourth-order valence-corrected chi connectivity index (χ4v) is 4.20. The summed E-state index contributed by atoms with van der Waals surface area (Å²) in [6.07, 6.45) is 1.90. The number of carbonyl (C=O) groups excluding carboxylic acids is 1. The second-order valence-corrected chi connectivity index (χ2v) is 6.84. The zero-order valence-electron chi connectivity index (χ0n) is 13.8. The molecule has 0 amide bonds. The standard InChI is InChI=1S/C16H20N2O6/c1-4-16-11(22-9(3)19)10(23-15(16)5-6-15)13(24-16)18-7-8(2)12(20)17-14(18)21/h7,10-11,13H,4-6H2,1-3H3,(H,17,20,21)/t10-,11?,13+,16+/m0/s1. The van der Waals surface area contributed by atoms with Gasteiger partial charge in [-0.2, -0.15) is 0 Å². The molecule has 0 radical (unpaired) electrons. The summed E-state index contributed by atoms with van der Waals surface area (Å²) >= 11 is 0. The van der Waals surface area contributed by atoms with Gasteiger partial charge in [0.1, 0.15) is 17.3 Å². The molecule has 1 aromatic rings. The minimum atomic E-state index is -0.752. The molecule has 3 aliphatic rings. The van der Waals surface area contributed by atoms with Crippen molar-refractivity contribution in [1.82, 2.24) is 9.55 Å². The highest BCUT2D eigenvalue weighted by Gasteiger charge is 2.79. The maximum atomic E-state index is 12.2. The molecule has 8 nitrogen and oxygen atoms in total. The second kappa shape index (κ2) is 4.80. The summed E-state index contributed by atoms with van der Waals surface area (Å²) in [5.41, 5.74) is -1.77. The molecule has 0 aromatic carbocycles. The van der Waals surface area contributed by atoms with Gasteiger partial charge in [0.2, 0.25) is 0 Å². The Labute approximate surface area is 137 Å². The number of H-pyrrole nitrogens is 1. The molecule has 130 valence electrons. The Balaban J connectivity index is 1.79. The normalized spacial score (nSPS) is 35.4. The van der Waals surface area contributed by atoms with Gasteiger partial charge in [-0.05, 0) is 26.2 Å². The van der Waals surface area contributed by atoms with Crippen LogP contribution in [0.25, 0.3) is 0 Å². The van der Waals surface area contributed by atoms with Gasteiger partial charge in [-0.25, -0.2) is 4.79 Å². The fraction of sp³-hybridized carbons (Fsp3) is 0.688. The van der Waals surface area contributed by atoms with Crippen LogP contribution in [0.5, 0.6) is 0 Å². The Bertz CT molecular complexity index is 823.